The molecule has 0 unspecified atom stereocenters. The van der Waals surface area contributed by atoms with Crippen LogP contribution in [0.1, 0.15) is 5.56 Å². The lowest BCUT2D eigenvalue weighted by molar-refractivity contribution is -0.392. The van der Waals surface area contributed by atoms with Gasteiger partial charge in [0.25, 0.3) is 9.05 Å². The summed E-state index contributed by atoms with van der Waals surface area (Å²) in [7, 11) is 0.948. The molecule has 0 radical (unpaired) electrons. The summed E-state index contributed by atoms with van der Waals surface area (Å²) in [5.74, 6) is -0.773. The third-order valence-electron chi connectivity index (χ3n) is 2.40. The van der Waals surface area contributed by atoms with Crippen LogP contribution in [0, 0.1) is 13.7 Å². The average Bonchev–Trinajstić information content (AvgIpc) is 2.76. The first-order chi connectivity index (χ1) is 9.27. The standard InChI is InChI=1S/C10H7ClIN3O4S/c11-20(18,19)9-6-14(13-10(9)15(16)17)5-7-1-3-8(12)4-2-7/h1-4,6H,5H2. The maximum absolute atomic E-state index is 11.3. The molecule has 0 amide bonds. The Balaban J connectivity index is 2.39. The molecule has 20 heavy (non-hydrogen) atoms. The fourth-order valence-corrected chi connectivity index (χ4v) is 2.82. The lowest BCUT2D eigenvalue weighted by Crippen LogP contribution is -2.01. The van der Waals surface area contributed by atoms with Crippen molar-refractivity contribution in [2.75, 3.05) is 0 Å². The molecule has 1 aromatic heterocycles. The number of halogens is 2. The summed E-state index contributed by atoms with van der Waals surface area (Å²) in [5, 5.41) is 14.4. The van der Waals surface area contributed by atoms with Gasteiger partial charge in [0, 0.05) is 14.3 Å². The van der Waals surface area contributed by atoms with Crippen molar-refractivity contribution in [3.63, 3.8) is 0 Å². The summed E-state index contributed by atoms with van der Waals surface area (Å²) >= 11 is 2.15. The van der Waals surface area contributed by atoms with Gasteiger partial charge in [0.05, 0.1) is 17.8 Å². The number of hydrogen-bond donors (Lipinski definition) is 0. The molecule has 0 N–H and O–H groups in total. The van der Waals surface area contributed by atoms with E-state index in [0.717, 1.165) is 15.3 Å². The summed E-state index contributed by atoms with van der Waals surface area (Å²) in [6, 6.07) is 7.38. The van der Waals surface area contributed by atoms with Crippen LogP contribution in [0.3, 0.4) is 0 Å². The van der Waals surface area contributed by atoms with Gasteiger partial charge in [-0.15, -0.1) is 0 Å². The van der Waals surface area contributed by atoms with Gasteiger partial charge < -0.3 is 10.1 Å². The number of hydrogen-bond acceptors (Lipinski definition) is 5. The minimum atomic E-state index is -4.21. The first-order valence-electron chi connectivity index (χ1n) is 5.18. The summed E-state index contributed by atoms with van der Waals surface area (Å²) in [6.07, 6.45) is 1.05. The van der Waals surface area contributed by atoms with Gasteiger partial charge in [0.15, 0.2) is 0 Å². The van der Waals surface area contributed by atoms with E-state index in [1.54, 1.807) is 0 Å². The molecule has 0 saturated carbocycles. The van der Waals surface area contributed by atoms with E-state index in [-0.39, 0.29) is 6.54 Å². The second-order valence-electron chi connectivity index (χ2n) is 3.84. The second-order valence-corrected chi connectivity index (χ2v) is 7.62. The smallest absolute Gasteiger partial charge is 0.358 e. The van der Waals surface area contributed by atoms with Gasteiger partial charge in [0.2, 0.25) is 4.90 Å². The van der Waals surface area contributed by atoms with Crippen LogP contribution in [0.2, 0.25) is 0 Å². The van der Waals surface area contributed by atoms with Gasteiger partial charge in [-0.25, -0.2) is 8.42 Å². The molecule has 0 atom stereocenters. The lowest BCUT2D eigenvalue weighted by Gasteiger charge is -1.98. The Labute approximate surface area is 132 Å². The molecular weight excluding hydrogens is 421 g/mol. The normalized spacial score (nSPS) is 11.5. The molecule has 106 valence electrons. The highest BCUT2D eigenvalue weighted by Gasteiger charge is 2.29. The van der Waals surface area contributed by atoms with E-state index in [0.29, 0.717) is 0 Å². The second kappa shape index (κ2) is 5.66. The van der Waals surface area contributed by atoms with Crippen LogP contribution >= 0.6 is 33.3 Å². The Bertz CT molecular complexity index is 757. The average molecular weight is 428 g/mol. The van der Waals surface area contributed by atoms with E-state index < -0.39 is 24.7 Å². The van der Waals surface area contributed by atoms with Crippen molar-refractivity contribution in [1.82, 2.24) is 9.78 Å². The highest BCUT2D eigenvalue weighted by molar-refractivity contribution is 14.1. The molecule has 0 bridgehead atoms. The first kappa shape index (κ1) is 15.2. The van der Waals surface area contributed by atoms with Crippen LogP contribution in [0.15, 0.2) is 35.4 Å². The minimum absolute atomic E-state index is 0.212. The summed E-state index contributed by atoms with van der Waals surface area (Å²) in [5.41, 5.74) is 0.835. The van der Waals surface area contributed by atoms with Crippen LogP contribution in [-0.2, 0) is 15.6 Å². The maximum Gasteiger partial charge on any atom is 0.410 e. The summed E-state index contributed by atoms with van der Waals surface area (Å²) in [4.78, 5) is 9.31. The summed E-state index contributed by atoms with van der Waals surface area (Å²) < 4.78 is 24.8. The van der Waals surface area contributed by atoms with E-state index in [1.807, 2.05) is 24.3 Å². The van der Waals surface area contributed by atoms with Crippen molar-refractivity contribution < 1.29 is 13.3 Å². The molecule has 0 spiro atoms. The molecule has 0 aliphatic heterocycles. The quantitative estimate of drug-likeness (QED) is 0.323. The van der Waals surface area contributed by atoms with Crippen molar-refractivity contribution in [1.29, 1.82) is 0 Å². The zero-order valence-corrected chi connectivity index (χ0v) is 13.5. The van der Waals surface area contributed by atoms with Gasteiger partial charge in [-0.05, 0) is 45.2 Å². The van der Waals surface area contributed by atoms with Crippen molar-refractivity contribution in [3.05, 3.63) is 49.7 Å². The molecule has 1 aromatic carbocycles. The molecule has 10 heteroatoms. The monoisotopic (exact) mass is 427 g/mol. The predicted molar refractivity (Wildman–Crippen MR) is 80.2 cm³/mol. The third-order valence-corrected chi connectivity index (χ3v) is 4.43. The van der Waals surface area contributed by atoms with E-state index in [2.05, 4.69) is 27.7 Å². The van der Waals surface area contributed by atoms with Crippen molar-refractivity contribution in [3.8, 4) is 0 Å². The van der Waals surface area contributed by atoms with Crippen LogP contribution in [0.5, 0.6) is 0 Å². The number of rotatable bonds is 4. The Morgan fingerprint density at radius 1 is 1.35 bits per heavy atom. The fourth-order valence-electron chi connectivity index (χ4n) is 1.55. The van der Waals surface area contributed by atoms with E-state index >= 15 is 0 Å². The Morgan fingerprint density at radius 2 is 1.95 bits per heavy atom. The SMILES string of the molecule is O=[N+]([O-])c1nn(Cc2ccc(I)cc2)cc1S(=O)(=O)Cl. The topological polar surface area (TPSA) is 95.1 Å². The minimum Gasteiger partial charge on any atom is -0.358 e. The number of benzene rings is 1. The van der Waals surface area contributed by atoms with Crippen molar-refractivity contribution in [2.24, 2.45) is 0 Å². The number of nitrogens with zero attached hydrogens (tertiary/aromatic N) is 3. The van der Waals surface area contributed by atoms with Gasteiger partial charge >= 0.3 is 5.82 Å². The Hall–Kier alpha value is -1.20. The molecule has 0 saturated heterocycles. The highest BCUT2D eigenvalue weighted by atomic mass is 127. The largest absolute Gasteiger partial charge is 0.410 e. The third kappa shape index (κ3) is 3.46. The van der Waals surface area contributed by atoms with Gasteiger partial charge in [0.1, 0.15) is 0 Å². The van der Waals surface area contributed by atoms with Crippen molar-refractivity contribution >= 4 is 48.1 Å². The van der Waals surface area contributed by atoms with Gasteiger partial charge in [-0.1, -0.05) is 12.1 Å². The molecule has 7 nitrogen and oxygen atoms in total. The van der Waals surface area contributed by atoms with Crippen LogP contribution in [0.4, 0.5) is 5.82 Å². The van der Waals surface area contributed by atoms with Gasteiger partial charge in [-0.3, -0.25) is 0 Å². The van der Waals surface area contributed by atoms with Crippen LogP contribution in [0.25, 0.3) is 0 Å². The molecule has 1 heterocycles. The zero-order chi connectivity index (χ0) is 14.9. The first-order valence-corrected chi connectivity index (χ1v) is 8.57. The molecule has 0 aliphatic rings. The molecule has 2 rings (SSSR count). The van der Waals surface area contributed by atoms with E-state index in [9.17, 15) is 18.5 Å². The number of aromatic nitrogens is 2. The highest BCUT2D eigenvalue weighted by Crippen LogP contribution is 2.25. The Kier molecular flexibility index (Phi) is 4.30. The Morgan fingerprint density at radius 3 is 2.40 bits per heavy atom. The summed E-state index contributed by atoms with van der Waals surface area (Å²) in [6.45, 7) is 0.212. The fraction of sp³-hybridized carbons (Fsp3) is 0.100. The molecule has 2 aromatic rings. The molecule has 0 fully saturated rings. The van der Waals surface area contributed by atoms with Crippen molar-refractivity contribution in [2.45, 2.75) is 11.4 Å². The van der Waals surface area contributed by atoms with E-state index in [4.69, 9.17) is 10.7 Å². The maximum atomic E-state index is 11.3. The van der Waals surface area contributed by atoms with E-state index in [1.165, 1.54) is 4.68 Å². The van der Waals surface area contributed by atoms with Crippen LogP contribution < -0.4 is 0 Å². The van der Waals surface area contributed by atoms with Crippen LogP contribution in [-0.4, -0.2) is 23.1 Å². The number of nitro groups is 1. The molecular formula is C10H7ClIN3O4S. The zero-order valence-electron chi connectivity index (χ0n) is 9.73. The molecule has 0 aliphatic carbocycles. The lowest BCUT2D eigenvalue weighted by atomic mass is 10.2. The predicted octanol–water partition coefficient (Wildman–Crippen LogP) is 2.37. The van der Waals surface area contributed by atoms with Gasteiger partial charge in [-0.2, -0.15) is 4.68 Å².